The third-order valence-electron chi connectivity index (χ3n) is 4.80. The second-order valence-corrected chi connectivity index (χ2v) is 10.0. The van der Waals surface area contributed by atoms with Crippen molar-refractivity contribution in [2.75, 3.05) is 45.6 Å². The van der Waals surface area contributed by atoms with Crippen molar-refractivity contribution in [3.63, 3.8) is 0 Å². The van der Waals surface area contributed by atoms with Gasteiger partial charge in [-0.3, -0.25) is 0 Å². The average molecular weight is 422 g/mol. The number of piperazine rings is 1. The van der Waals surface area contributed by atoms with E-state index in [1.54, 1.807) is 23.9 Å². The lowest BCUT2D eigenvalue weighted by molar-refractivity contribution is 0.222. The summed E-state index contributed by atoms with van der Waals surface area (Å²) in [5.74, 6) is 1.68. The summed E-state index contributed by atoms with van der Waals surface area (Å²) < 4.78 is 32.9. The number of aromatic nitrogens is 1. The van der Waals surface area contributed by atoms with Crippen LogP contribution in [-0.4, -0.2) is 68.2 Å². The minimum atomic E-state index is -3.46. The number of pyridine rings is 1. The maximum atomic E-state index is 12.7. The Morgan fingerprint density at radius 1 is 1.07 bits per heavy atom. The SMILES string of the molecule is Cc1cccc(C)c1OCCSc1ccc(S(=O)(=O)N2CCN(C)CC2)cn1. The van der Waals surface area contributed by atoms with Gasteiger partial charge in [-0.1, -0.05) is 18.2 Å². The Morgan fingerprint density at radius 3 is 2.36 bits per heavy atom. The number of para-hydroxylation sites is 1. The topological polar surface area (TPSA) is 62.7 Å². The molecule has 0 bridgehead atoms. The van der Waals surface area contributed by atoms with Gasteiger partial charge in [0.15, 0.2) is 0 Å². The maximum Gasteiger partial charge on any atom is 0.244 e. The molecule has 0 spiro atoms. The lowest BCUT2D eigenvalue weighted by Gasteiger charge is -2.31. The standard InChI is InChI=1S/C20H27N3O3S2/c1-16-5-4-6-17(2)20(16)26-13-14-27-19-8-7-18(15-21-19)28(24,25)23-11-9-22(3)10-12-23/h4-8,15H,9-14H2,1-3H3. The number of ether oxygens (including phenoxy) is 1. The lowest BCUT2D eigenvalue weighted by atomic mass is 10.1. The second-order valence-electron chi connectivity index (χ2n) is 6.96. The van der Waals surface area contributed by atoms with Crippen LogP contribution in [-0.2, 0) is 10.0 Å². The molecule has 0 radical (unpaired) electrons. The van der Waals surface area contributed by atoms with Crippen LogP contribution in [0.15, 0.2) is 46.5 Å². The third kappa shape index (κ3) is 5.05. The fourth-order valence-corrected chi connectivity index (χ4v) is 5.13. The summed E-state index contributed by atoms with van der Waals surface area (Å²) >= 11 is 1.56. The number of thioether (sulfide) groups is 1. The first-order valence-electron chi connectivity index (χ1n) is 9.34. The average Bonchev–Trinajstić information content (AvgIpc) is 2.68. The van der Waals surface area contributed by atoms with Crippen LogP contribution in [0.5, 0.6) is 5.75 Å². The lowest BCUT2D eigenvalue weighted by Crippen LogP contribution is -2.47. The van der Waals surface area contributed by atoms with E-state index in [9.17, 15) is 8.42 Å². The molecule has 0 unspecified atom stereocenters. The molecule has 28 heavy (non-hydrogen) atoms. The highest BCUT2D eigenvalue weighted by molar-refractivity contribution is 7.99. The number of nitrogens with zero attached hydrogens (tertiary/aromatic N) is 3. The zero-order valence-corrected chi connectivity index (χ0v) is 18.2. The minimum Gasteiger partial charge on any atom is -0.492 e. The molecule has 0 aliphatic carbocycles. The quantitative estimate of drug-likeness (QED) is 0.506. The van der Waals surface area contributed by atoms with Crippen molar-refractivity contribution in [3.05, 3.63) is 47.7 Å². The van der Waals surface area contributed by atoms with E-state index in [2.05, 4.69) is 9.88 Å². The van der Waals surface area contributed by atoms with E-state index in [-0.39, 0.29) is 4.90 Å². The third-order valence-corrected chi connectivity index (χ3v) is 7.59. The number of aryl methyl sites for hydroxylation is 2. The van der Waals surface area contributed by atoms with E-state index in [1.807, 2.05) is 39.1 Å². The number of hydrogen-bond donors (Lipinski definition) is 0. The highest BCUT2D eigenvalue weighted by Crippen LogP contribution is 2.24. The molecule has 6 nitrogen and oxygen atoms in total. The first-order chi connectivity index (χ1) is 13.4. The molecule has 8 heteroatoms. The molecule has 1 fully saturated rings. The van der Waals surface area contributed by atoms with Gasteiger partial charge in [0, 0.05) is 38.1 Å². The number of hydrogen-bond acceptors (Lipinski definition) is 6. The van der Waals surface area contributed by atoms with Crippen LogP contribution < -0.4 is 4.74 Å². The summed E-state index contributed by atoms with van der Waals surface area (Å²) in [5, 5.41) is 0.794. The number of benzene rings is 1. The molecule has 1 saturated heterocycles. The highest BCUT2D eigenvalue weighted by atomic mass is 32.2. The molecule has 2 heterocycles. The maximum absolute atomic E-state index is 12.7. The Hall–Kier alpha value is -1.61. The number of rotatable bonds is 7. The summed E-state index contributed by atoms with van der Waals surface area (Å²) in [4.78, 5) is 6.71. The van der Waals surface area contributed by atoms with Crippen molar-refractivity contribution in [1.29, 1.82) is 0 Å². The number of sulfonamides is 1. The summed E-state index contributed by atoms with van der Waals surface area (Å²) in [5.41, 5.74) is 2.25. The molecule has 0 saturated carbocycles. The fourth-order valence-electron chi connectivity index (χ4n) is 3.10. The molecule has 1 aromatic carbocycles. The Balaban J connectivity index is 1.53. The Labute approximate surface area is 172 Å². The van der Waals surface area contributed by atoms with Crippen LogP contribution >= 0.6 is 11.8 Å². The summed E-state index contributed by atoms with van der Waals surface area (Å²) in [7, 11) is -1.46. The van der Waals surface area contributed by atoms with E-state index < -0.39 is 10.0 Å². The molecule has 1 aromatic heterocycles. The van der Waals surface area contributed by atoms with Crippen LogP contribution in [0.1, 0.15) is 11.1 Å². The predicted molar refractivity (Wildman–Crippen MR) is 113 cm³/mol. The van der Waals surface area contributed by atoms with Crippen LogP contribution in [0.3, 0.4) is 0 Å². The molecule has 152 valence electrons. The van der Waals surface area contributed by atoms with E-state index in [0.717, 1.165) is 40.7 Å². The smallest absolute Gasteiger partial charge is 0.244 e. The molecule has 0 atom stereocenters. The van der Waals surface area contributed by atoms with Gasteiger partial charge in [-0.25, -0.2) is 13.4 Å². The molecule has 3 rings (SSSR count). The summed E-state index contributed by atoms with van der Waals surface area (Å²) in [6.45, 7) is 7.18. The van der Waals surface area contributed by atoms with Crippen LogP contribution in [0.2, 0.25) is 0 Å². The first kappa shape index (κ1) is 21.1. The van der Waals surface area contributed by atoms with Crippen LogP contribution in [0.25, 0.3) is 0 Å². The second kappa shape index (κ2) is 9.26. The van der Waals surface area contributed by atoms with Gasteiger partial charge < -0.3 is 9.64 Å². The Morgan fingerprint density at radius 2 is 1.75 bits per heavy atom. The van der Waals surface area contributed by atoms with Gasteiger partial charge >= 0.3 is 0 Å². The molecule has 1 aliphatic heterocycles. The van der Waals surface area contributed by atoms with Crippen molar-refractivity contribution >= 4 is 21.8 Å². The van der Waals surface area contributed by atoms with Crippen molar-refractivity contribution in [1.82, 2.24) is 14.2 Å². The van der Waals surface area contributed by atoms with E-state index >= 15 is 0 Å². The molecule has 1 aliphatic rings. The van der Waals surface area contributed by atoms with Crippen LogP contribution in [0.4, 0.5) is 0 Å². The van der Waals surface area contributed by atoms with E-state index in [0.29, 0.717) is 19.7 Å². The van der Waals surface area contributed by atoms with Gasteiger partial charge in [0.1, 0.15) is 10.6 Å². The van der Waals surface area contributed by atoms with Crippen LogP contribution in [0, 0.1) is 13.8 Å². The first-order valence-corrected chi connectivity index (χ1v) is 11.8. The zero-order chi connectivity index (χ0) is 20.1. The summed E-state index contributed by atoms with van der Waals surface area (Å²) in [6.07, 6.45) is 1.46. The van der Waals surface area contributed by atoms with Crippen molar-refractivity contribution in [3.8, 4) is 5.75 Å². The molecule has 0 N–H and O–H groups in total. The van der Waals surface area contributed by atoms with Gasteiger partial charge in [0.25, 0.3) is 0 Å². The molecular formula is C20H27N3O3S2. The van der Waals surface area contributed by atoms with Gasteiger partial charge in [0.2, 0.25) is 10.0 Å². The van der Waals surface area contributed by atoms with Gasteiger partial charge in [-0.2, -0.15) is 4.31 Å². The zero-order valence-electron chi connectivity index (χ0n) is 16.6. The molecule has 0 amide bonds. The minimum absolute atomic E-state index is 0.258. The fraction of sp³-hybridized carbons (Fsp3) is 0.450. The highest BCUT2D eigenvalue weighted by Gasteiger charge is 2.27. The molecular weight excluding hydrogens is 394 g/mol. The van der Waals surface area contributed by atoms with Crippen molar-refractivity contribution < 1.29 is 13.2 Å². The van der Waals surface area contributed by atoms with E-state index in [1.165, 1.54) is 10.5 Å². The van der Waals surface area contributed by atoms with Gasteiger partial charge in [0.05, 0.1) is 11.6 Å². The monoisotopic (exact) mass is 421 g/mol. The predicted octanol–water partition coefficient (Wildman–Crippen LogP) is 2.81. The van der Waals surface area contributed by atoms with Crippen molar-refractivity contribution in [2.45, 2.75) is 23.8 Å². The normalized spacial score (nSPS) is 16.2. The summed E-state index contributed by atoms with van der Waals surface area (Å²) in [6, 6.07) is 9.52. The van der Waals surface area contributed by atoms with Crippen molar-refractivity contribution in [2.24, 2.45) is 0 Å². The Kier molecular flexibility index (Phi) is 6.98. The number of likely N-dealkylation sites (N-methyl/N-ethyl adjacent to an activating group) is 1. The van der Waals surface area contributed by atoms with Gasteiger partial charge in [-0.15, -0.1) is 11.8 Å². The molecule has 2 aromatic rings. The Bertz CT molecular complexity index is 873. The largest absolute Gasteiger partial charge is 0.492 e. The van der Waals surface area contributed by atoms with Gasteiger partial charge in [-0.05, 0) is 44.2 Å². The van der Waals surface area contributed by atoms with E-state index in [4.69, 9.17) is 4.74 Å².